The van der Waals surface area contributed by atoms with Crippen molar-refractivity contribution < 1.29 is 9.31 Å². The predicted molar refractivity (Wildman–Crippen MR) is 140 cm³/mol. The summed E-state index contributed by atoms with van der Waals surface area (Å²) in [5, 5.41) is 4.48. The molecule has 5 rings (SSSR count). The van der Waals surface area contributed by atoms with Gasteiger partial charge in [0.15, 0.2) is 5.43 Å². The fourth-order valence-electron chi connectivity index (χ4n) is 4.82. The first kappa shape index (κ1) is 23.5. The Bertz CT molecular complexity index is 1310. The maximum atomic E-state index is 11.7. The lowest BCUT2D eigenvalue weighted by Gasteiger charge is -2.36. The van der Waals surface area contributed by atoms with Gasteiger partial charge in [0.05, 0.1) is 17.4 Å². The van der Waals surface area contributed by atoms with Crippen molar-refractivity contribution in [3.8, 4) is 0 Å². The van der Waals surface area contributed by atoms with Gasteiger partial charge in [0.2, 0.25) is 0 Å². The van der Waals surface area contributed by atoms with E-state index in [-0.39, 0.29) is 23.7 Å². The molecule has 1 saturated heterocycles. The summed E-state index contributed by atoms with van der Waals surface area (Å²) < 4.78 is 14.4. The van der Waals surface area contributed by atoms with E-state index in [1.54, 1.807) is 12.3 Å². The summed E-state index contributed by atoms with van der Waals surface area (Å²) >= 11 is 0. The first-order valence-corrected chi connectivity index (χ1v) is 12.1. The Kier molecular flexibility index (Phi) is 5.90. The van der Waals surface area contributed by atoms with E-state index in [0.717, 1.165) is 23.9 Å². The van der Waals surface area contributed by atoms with E-state index in [1.165, 1.54) is 17.3 Å². The van der Waals surface area contributed by atoms with E-state index in [2.05, 4.69) is 87.4 Å². The van der Waals surface area contributed by atoms with Gasteiger partial charge in [0, 0.05) is 18.7 Å². The molecule has 5 nitrogen and oxygen atoms in total. The van der Waals surface area contributed by atoms with Crippen molar-refractivity contribution in [2.45, 2.75) is 57.3 Å². The molecule has 35 heavy (non-hydrogen) atoms. The van der Waals surface area contributed by atoms with Gasteiger partial charge in [-0.1, -0.05) is 78.4 Å². The SMILES string of the molecule is CC1(C)OB(c2cccc(CC3=CC=CC(c4ccccc4)(n4ccc(=O)cn4)C3)c2)OC1(C)C. The van der Waals surface area contributed by atoms with Crippen molar-refractivity contribution in [1.29, 1.82) is 0 Å². The van der Waals surface area contributed by atoms with Gasteiger partial charge in [-0.15, -0.1) is 0 Å². The number of benzene rings is 2. The molecule has 1 aromatic heterocycles. The van der Waals surface area contributed by atoms with Gasteiger partial charge in [-0.2, -0.15) is 5.10 Å². The van der Waals surface area contributed by atoms with Crippen molar-refractivity contribution in [2.24, 2.45) is 0 Å². The first-order valence-electron chi connectivity index (χ1n) is 12.1. The van der Waals surface area contributed by atoms with Crippen LogP contribution < -0.4 is 10.9 Å². The minimum atomic E-state index is -0.498. The standard InChI is InChI=1S/C29H31BN2O3/c1-27(2)28(3,4)35-30(34-27)25-14-8-10-22(19-25)18-23-11-9-16-29(20-23,24-12-6-5-7-13-24)32-17-15-26(33)21-31-32/h5-17,19,21H,18,20H2,1-4H3. The Morgan fingerprint density at radius 2 is 1.71 bits per heavy atom. The van der Waals surface area contributed by atoms with Gasteiger partial charge in [0.1, 0.15) is 5.54 Å². The van der Waals surface area contributed by atoms with Gasteiger partial charge in [-0.3, -0.25) is 9.48 Å². The Labute approximate surface area is 207 Å². The second kappa shape index (κ2) is 8.78. The molecule has 3 aromatic rings. The van der Waals surface area contributed by atoms with Crippen molar-refractivity contribution in [3.63, 3.8) is 0 Å². The molecular weight excluding hydrogens is 435 g/mol. The molecule has 2 aliphatic rings. The molecule has 0 spiro atoms. The molecule has 6 heteroatoms. The van der Waals surface area contributed by atoms with Crippen LogP contribution in [0.2, 0.25) is 0 Å². The lowest BCUT2D eigenvalue weighted by Crippen LogP contribution is -2.41. The average Bonchev–Trinajstić information content (AvgIpc) is 3.07. The third-order valence-electron chi connectivity index (χ3n) is 7.48. The summed E-state index contributed by atoms with van der Waals surface area (Å²) in [7, 11) is -0.381. The maximum Gasteiger partial charge on any atom is 0.494 e. The predicted octanol–water partition coefficient (Wildman–Crippen LogP) is 4.42. The fraction of sp³-hybridized carbons (Fsp3) is 0.310. The highest BCUT2D eigenvalue weighted by Crippen LogP contribution is 2.38. The number of hydrogen-bond acceptors (Lipinski definition) is 4. The summed E-state index contributed by atoms with van der Waals surface area (Å²) in [6, 6.07) is 20.4. The monoisotopic (exact) mass is 466 g/mol. The van der Waals surface area contributed by atoms with E-state index in [9.17, 15) is 4.79 Å². The molecule has 2 aromatic carbocycles. The molecule has 2 heterocycles. The van der Waals surface area contributed by atoms with E-state index in [0.29, 0.717) is 0 Å². The Balaban J connectivity index is 1.43. The highest BCUT2D eigenvalue weighted by Gasteiger charge is 2.51. The second-order valence-corrected chi connectivity index (χ2v) is 10.5. The number of nitrogens with zero attached hydrogens (tertiary/aromatic N) is 2. The minimum Gasteiger partial charge on any atom is -0.399 e. The van der Waals surface area contributed by atoms with Crippen LogP contribution in [-0.2, 0) is 21.3 Å². The summed E-state index contributed by atoms with van der Waals surface area (Å²) in [5.41, 5.74) is 3.31. The Morgan fingerprint density at radius 1 is 0.971 bits per heavy atom. The van der Waals surface area contributed by atoms with Crippen LogP contribution in [-0.4, -0.2) is 28.1 Å². The molecule has 0 N–H and O–H groups in total. The van der Waals surface area contributed by atoms with Crippen molar-refractivity contribution >= 4 is 12.6 Å². The third kappa shape index (κ3) is 4.44. The van der Waals surface area contributed by atoms with Crippen LogP contribution in [0.5, 0.6) is 0 Å². The van der Waals surface area contributed by atoms with Gasteiger partial charge in [-0.25, -0.2) is 0 Å². The zero-order valence-electron chi connectivity index (χ0n) is 20.8. The minimum absolute atomic E-state index is 0.0977. The fourth-order valence-corrected chi connectivity index (χ4v) is 4.82. The summed E-state index contributed by atoms with van der Waals surface area (Å²) in [5.74, 6) is 0. The van der Waals surface area contributed by atoms with Gasteiger partial charge in [0.25, 0.3) is 0 Å². The second-order valence-electron chi connectivity index (χ2n) is 10.5. The van der Waals surface area contributed by atoms with Crippen LogP contribution in [0.25, 0.3) is 0 Å². The Hall–Kier alpha value is -3.22. The molecule has 1 unspecified atom stereocenters. The molecule has 178 valence electrons. The highest BCUT2D eigenvalue weighted by molar-refractivity contribution is 6.62. The number of hydrogen-bond donors (Lipinski definition) is 0. The zero-order valence-corrected chi connectivity index (χ0v) is 20.8. The topological polar surface area (TPSA) is 53.4 Å². The largest absolute Gasteiger partial charge is 0.494 e. The van der Waals surface area contributed by atoms with Gasteiger partial charge in [-0.05, 0) is 50.7 Å². The maximum absolute atomic E-state index is 11.7. The van der Waals surface area contributed by atoms with E-state index in [1.807, 2.05) is 22.9 Å². The normalized spacial score (nSPS) is 22.7. The van der Waals surface area contributed by atoms with Crippen LogP contribution >= 0.6 is 0 Å². The van der Waals surface area contributed by atoms with Crippen LogP contribution in [0.4, 0.5) is 0 Å². The van der Waals surface area contributed by atoms with Crippen LogP contribution in [0, 0.1) is 0 Å². The van der Waals surface area contributed by atoms with Crippen molar-refractivity contribution in [1.82, 2.24) is 9.78 Å². The van der Waals surface area contributed by atoms with E-state index in [4.69, 9.17) is 9.31 Å². The lowest BCUT2D eigenvalue weighted by atomic mass is 9.76. The van der Waals surface area contributed by atoms with Crippen LogP contribution in [0.3, 0.4) is 0 Å². The smallest absolute Gasteiger partial charge is 0.399 e. The highest BCUT2D eigenvalue weighted by atomic mass is 16.7. The molecular formula is C29H31BN2O3. The molecule has 0 saturated carbocycles. The summed E-state index contributed by atoms with van der Waals surface area (Å²) in [6.45, 7) is 8.29. The zero-order chi connectivity index (χ0) is 24.7. The average molecular weight is 466 g/mol. The Morgan fingerprint density at radius 3 is 2.40 bits per heavy atom. The lowest BCUT2D eigenvalue weighted by molar-refractivity contribution is 0.00578. The number of rotatable bonds is 5. The first-order chi connectivity index (χ1) is 16.7. The molecule has 0 bridgehead atoms. The number of aromatic nitrogens is 2. The molecule has 1 fully saturated rings. The molecule has 0 amide bonds. The number of allylic oxidation sites excluding steroid dienone is 4. The van der Waals surface area contributed by atoms with Crippen LogP contribution in [0.15, 0.2) is 102 Å². The van der Waals surface area contributed by atoms with E-state index < -0.39 is 5.54 Å². The van der Waals surface area contributed by atoms with Gasteiger partial charge < -0.3 is 9.31 Å². The molecule has 1 aliphatic heterocycles. The van der Waals surface area contributed by atoms with Gasteiger partial charge >= 0.3 is 7.12 Å². The van der Waals surface area contributed by atoms with E-state index >= 15 is 0 Å². The van der Waals surface area contributed by atoms with Crippen LogP contribution in [0.1, 0.15) is 45.2 Å². The summed E-state index contributed by atoms with van der Waals surface area (Å²) in [6.07, 6.45) is 11.2. The third-order valence-corrected chi connectivity index (χ3v) is 7.48. The molecule has 0 radical (unpaired) electrons. The quantitative estimate of drug-likeness (QED) is 0.523. The molecule has 1 atom stereocenters. The van der Waals surface area contributed by atoms with Crippen molar-refractivity contribution in [2.75, 3.05) is 0 Å². The molecule has 1 aliphatic carbocycles. The van der Waals surface area contributed by atoms with Crippen molar-refractivity contribution in [3.05, 3.63) is 118 Å². The summed E-state index contributed by atoms with van der Waals surface area (Å²) in [4.78, 5) is 11.7.